The van der Waals surface area contributed by atoms with Gasteiger partial charge in [0.25, 0.3) is 0 Å². The number of ether oxygens (including phenoxy) is 1. The van der Waals surface area contributed by atoms with Crippen molar-refractivity contribution < 1.29 is 18.8 Å². The Kier molecular flexibility index (Phi) is 4.80. The molecule has 0 fully saturated rings. The van der Waals surface area contributed by atoms with Crippen molar-refractivity contribution in [1.82, 2.24) is 5.06 Å². The van der Waals surface area contributed by atoms with E-state index in [0.29, 0.717) is 11.3 Å². The maximum atomic E-state index is 12.5. The lowest BCUT2D eigenvalue weighted by molar-refractivity contribution is -0.0111. The third kappa shape index (κ3) is 3.52. The van der Waals surface area contributed by atoms with Gasteiger partial charge in [-0.2, -0.15) is 5.06 Å². The molecule has 6 heteroatoms. The second kappa shape index (κ2) is 6.41. The van der Waals surface area contributed by atoms with Crippen molar-refractivity contribution in [1.29, 1.82) is 0 Å². The minimum absolute atomic E-state index is 0.239. The first-order chi connectivity index (χ1) is 9.95. The van der Waals surface area contributed by atoms with E-state index in [4.69, 9.17) is 9.36 Å². The topological polar surface area (TPSA) is 59.0 Å². The largest absolute Gasteiger partial charge is 0.496 e. The Bertz CT molecular complexity index is 672. The zero-order valence-electron chi connectivity index (χ0n) is 12.2. The first-order valence-electron chi connectivity index (χ1n) is 6.38. The summed E-state index contributed by atoms with van der Waals surface area (Å²) in [5.74, 6) is 0.634. The molecule has 0 spiro atoms. The van der Waals surface area contributed by atoms with Crippen LogP contribution in [0.1, 0.15) is 0 Å². The number of para-hydroxylation sites is 1. The van der Waals surface area contributed by atoms with E-state index in [1.165, 1.54) is 5.06 Å². The van der Waals surface area contributed by atoms with Gasteiger partial charge < -0.3 is 9.63 Å². The molecule has 1 N–H and O–H groups in total. The fraction of sp³-hybridized carbons (Fsp3) is 0.200. The lowest BCUT2D eigenvalue weighted by Gasteiger charge is -2.19. The molecule has 2 aromatic rings. The van der Waals surface area contributed by atoms with Gasteiger partial charge in [0.1, 0.15) is 5.75 Å². The zero-order valence-corrected chi connectivity index (χ0v) is 13.1. The SMILES string of the molecule is COc1ccccc1-c1ccccc1P(=O)(O)ON(C)C. The van der Waals surface area contributed by atoms with E-state index < -0.39 is 7.60 Å². The molecule has 0 aromatic heterocycles. The Labute approximate surface area is 124 Å². The minimum Gasteiger partial charge on any atom is -0.496 e. The molecule has 0 saturated heterocycles. The Morgan fingerprint density at radius 1 is 1.00 bits per heavy atom. The summed E-state index contributed by atoms with van der Waals surface area (Å²) in [6, 6.07) is 14.2. The molecule has 5 nitrogen and oxygen atoms in total. The Hall–Kier alpha value is -1.65. The van der Waals surface area contributed by atoms with Gasteiger partial charge in [-0.1, -0.05) is 36.4 Å². The highest BCUT2D eigenvalue weighted by molar-refractivity contribution is 7.61. The summed E-state index contributed by atoms with van der Waals surface area (Å²) in [7, 11) is 0.730. The summed E-state index contributed by atoms with van der Waals surface area (Å²) in [5, 5.41) is 1.46. The number of nitrogens with zero attached hydrogens (tertiary/aromatic N) is 1. The summed E-state index contributed by atoms with van der Waals surface area (Å²) >= 11 is 0. The van der Waals surface area contributed by atoms with E-state index in [0.717, 1.165) is 5.56 Å². The second-order valence-electron chi connectivity index (χ2n) is 4.63. The van der Waals surface area contributed by atoms with Crippen LogP contribution in [0.2, 0.25) is 0 Å². The third-order valence-electron chi connectivity index (χ3n) is 2.88. The third-order valence-corrected chi connectivity index (χ3v) is 4.43. The molecule has 0 saturated carbocycles. The van der Waals surface area contributed by atoms with Crippen LogP contribution in [0.3, 0.4) is 0 Å². The number of hydrogen-bond acceptors (Lipinski definition) is 4. The van der Waals surface area contributed by atoms with Gasteiger partial charge in [-0.25, -0.2) is 4.62 Å². The summed E-state index contributed by atoms with van der Waals surface area (Å²) in [5.41, 5.74) is 1.36. The van der Waals surface area contributed by atoms with Crippen LogP contribution in [0, 0.1) is 0 Å². The quantitative estimate of drug-likeness (QED) is 0.680. The highest BCUT2D eigenvalue weighted by atomic mass is 31.2. The van der Waals surface area contributed by atoms with Crippen molar-refractivity contribution in [2.24, 2.45) is 0 Å². The van der Waals surface area contributed by atoms with E-state index in [-0.39, 0.29) is 5.30 Å². The average Bonchev–Trinajstić information content (AvgIpc) is 2.46. The van der Waals surface area contributed by atoms with Crippen LogP contribution in [0.25, 0.3) is 11.1 Å². The molecule has 1 unspecified atom stereocenters. The van der Waals surface area contributed by atoms with Gasteiger partial charge in [0.05, 0.1) is 12.4 Å². The molecular formula is C15H18NO4P. The van der Waals surface area contributed by atoms with Gasteiger partial charge in [0.2, 0.25) is 0 Å². The van der Waals surface area contributed by atoms with Crippen molar-refractivity contribution >= 4 is 12.9 Å². The maximum Gasteiger partial charge on any atom is 0.375 e. The molecular weight excluding hydrogens is 289 g/mol. The van der Waals surface area contributed by atoms with Gasteiger partial charge in [-0.3, -0.25) is 4.57 Å². The van der Waals surface area contributed by atoms with Crippen molar-refractivity contribution in [2.75, 3.05) is 21.2 Å². The summed E-state index contributed by atoms with van der Waals surface area (Å²) in [6.07, 6.45) is 0. The van der Waals surface area contributed by atoms with E-state index >= 15 is 0 Å². The van der Waals surface area contributed by atoms with Crippen molar-refractivity contribution in [3.63, 3.8) is 0 Å². The molecule has 2 aromatic carbocycles. The van der Waals surface area contributed by atoms with E-state index in [9.17, 15) is 9.46 Å². The molecule has 0 aliphatic rings. The summed E-state index contributed by atoms with van der Waals surface area (Å²) in [4.78, 5) is 10.2. The molecule has 0 heterocycles. The van der Waals surface area contributed by atoms with Crippen LogP contribution in [0.15, 0.2) is 48.5 Å². The number of rotatable bonds is 5. The average molecular weight is 307 g/mol. The standard InChI is InChI=1S/C15H18NO4P/c1-16(2)20-21(17,18)15-11-7-5-9-13(15)12-8-4-6-10-14(12)19-3/h4-11H,1-3H3,(H,17,18). The minimum atomic E-state index is -3.96. The van der Waals surface area contributed by atoms with Crippen molar-refractivity contribution in [2.45, 2.75) is 0 Å². The van der Waals surface area contributed by atoms with Gasteiger partial charge in [0, 0.05) is 25.2 Å². The molecule has 0 radical (unpaired) electrons. The zero-order chi connectivity index (χ0) is 15.5. The number of methoxy groups -OCH3 is 1. The fourth-order valence-corrected chi connectivity index (χ4v) is 3.38. The Morgan fingerprint density at radius 2 is 1.57 bits per heavy atom. The van der Waals surface area contributed by atoms with E-state index in [2.05, 4.69) is 0 Å². The normalized spacial score (nSPS) is 14.0. The number of hydrogen-bond donors (Lipinski definition) is 1. The maximum absolute atomic E-state index is 12.5. The lowest BCUT2D eigenvalue weighted by Crippen LogP contribution is -2.18. The Morgan fingerprint density at radius 3 is 2.19 bits per heavy atom. The smallest absolute Gasteiger partial charge is 0.375 e. The van der Waals surface area contributed by atoms with Crippen molar-refractivity contribution in [3.05, 3.63) is 48.5 Å². The lowest BCUT2D eigenvalue weighted by atomic mass is 10.0. The molecule has 0 aliphatic carbocycles. The van der Waals surface area contributed by atoms with Gasteiger partial charge in [-0.15, -0.1) is 0 Å². The second-order valence-corrected chi connectivity index (χ2v) is 6.32. The fourth-order valence-electron chi connectivity index (χ4n) is 2.08. The summed E-state index contributed by atoms with van der Waals surface area (Å²) in [6.45, 7) is 0. The molecule has 0 bridgehead atoms. The number of benzene rings is 2. The predicted molar refractivity (Wildman–Crippen MR) is 82.7 cm³/mol. The van der Waals surface area contributed by atoms with Crippen LogP contribution in [-0.2, 0) is 9.19 Å². The van der Waals surface area contributed by atoms with Gasteiger partial charge >= 0.3 is 7.60 Å². The summed E-state index contributed by atoms with van der Waals surface area (Å²) < 4.78 is 22.9. The first-order valence-corrected chi connectivity index (χ1v) is 7.96. The van der Waals surface area contributed by atoms with Crippen LogP contribution in [-0.4, -0.2) is 31.2 Å². The monoisotopic (exact) mass is 307 g/mol. The predicted octanol–water partition coefficient (Wildman–Crippen LogP) is 2.67. The molecule has 0 aliphatic heterocycles. The molecule has 0 amide bonds. The van der Waals surface area contributed by atoms with E-state index in [1.807, 2.05) is 18.2 Å². The van der Waals surface area contributed by atoms with E-state index in [1.54, 1.807) is 51.5 Å². The van der Waals surface area contributed by atoms with Crippen LogP contribution in [0.5, 0.6) is 5.75 Å². The highest BCUT2D eigenvalue weighted by Gasteiger charge is 2.28. The van der Waals surface area contributed by atoms with Crippen molar-refractivity contribution in [3.8, 4) is 16.9 Å². The molecule has 112 valence electrons. The first kappa shape index (κ1) is 15.7. The van der Waals surface area contributed by atoms with Gasteiger partial charge in [-0.05, 0) is 12.1 Å². The van der Waals surface area contributed by atoms with Gasteiger partial charge in [0.15, 0.2) is 0 Å². The molecule has 1 atom stereocenters. The highest BCUT2D eigenvalue weighted by Crippen LogP contribution is 2.45. The van der Waals surface area contributed by atoms with Crippen LogP contribution < -0.4 is 10.0 Å². The Balaban J connectivity index is 2.59. The molecule has 21 heavy (non-hydrogen) atoms. The number of hydroxylamine groups is 2. The van der Waals surface area contributed by atoms with Crippen LogP contribution >= 0.6 is 7.60 Å². The van der Waals surface area contributed by atoms with Crippen LogP contribution in [0.4, 0.5) is 0 Å². The molecule has 2 rings (SSSR count).